The van der Waals surface area contributed by atoms with Crippen LogP contribution in [0.3, 0.4) is 0 Å². The number of rotatable bonds is 4. The summed E-state index contributed by atoms with van der Waals surface area (Å²) >= 11 is 0. The van der Waals surface area contributed by atoms with E-state index in [2.05, 4.69) is 34.1 Å². The minimum Gasteiger partial charge on any atom is -0.381 e. The maximum Gasteiger partial charge on any atom is 0.262 e. The average molecular weight is 418 g/mol. The van der Waals surface area contributed by atoms with E-state index in [1.807, 2.05) is 6.07 Å². The zero-order chi connectivity index (χ0) is 21.5. The third kappa shape index (κ3) is 3.48. The van der Waals surface area contributed by atoms with E-state index in [4.69, 9.17) is 0 Å². The smallest absolute Gasteiger partial charge is 0.262 e. The van der Waals surface area contributed by atoms with Gasteiger partial charge in [0, 0.05) is 25.2 Å². The van der Waals surface area contributed by atoms with Crippen LogP contribution in [0.5, 0.6) is 0 Å². The Labute approximate surface area is 179 Å². The fourth-order valence-corrected chi connectivity index (χ4v) is 4.42. The van der Waals surface area contributed by atoms with Crippen molar-refractivity contribution in [3.05, 3.63) is 64.2 Å². The van der Waals surface area contributed by atoms with Crippen molar-refractivity contribution in [2.24, 2.45) is 0 Å². The number of piperidine rings is 1. The molecular weight excluding hydrogens is 396 g/mol. The molecule has 3 heterocycles. The Hall–Kier alpha value is -3.52. The van der Waals surface area contributed by atoms with Gasteiger partial charge in [0.1, 0.15) is 6.04 Å². The first-order valence-electron chi connectivity index (χ1n) is 10.4. The highest BCUT2D eigenvalue weighted by atomic mass is 16.2. The van der Waals surface area contributed by atoms with Crippen LogP contribution in [-0.2, 0) is 29.1 Å². The monoisotopic (exact) mass is 418 g/mol. The SMILES string of the molecule is O=C1CCC(N2C(=O)c3ccc(CNc4ccc5c(c4)CNCC5)cc3C2=O)C(=O)N1. The number of hydrogen-bond acceptors (Lipinski definition) is 6. The number of carbonyl (C=O) groups is 4. The van der Waals surface area contributed by atoms with Gasteiger partial charge in [-0.2, -0.15) is 0 Å². The Kier molecular flexibility index (Phi) is 4.78. The molecule has 1 atom stereocenters. The molecule has 3 N–H and O–H groups in total. The van der Waals surface area contributed by atoms with Crippen LogP contribution in [0.4, 0.5) is 5.69 Å². The van der Waals surface area contributed by atoms with Gasteiger partial charge in [0.2, 0.25) is 11.8 Å². The van der Waals surface area contributed by atoms with E-state index in [-0.39, 0.29) is 18.7 Å². The van der Waals surface area contributed by atoms with Gasteiger partial charge in [-0.1, -0.05) is 12.1 Å². The van der Waals surface area contributed by atoms with E-state index in [1.54, 1.807) is 12.1 Å². The van der Waals surface area contributed by atoms with Gasteiger partial charge in [-0.25, -0.2) is 0 Å². The summed E-state index contributed by atoms with van der Waals surface area (Å²) in [7, 11) is 0. The molecule has 3 aliphatic heterocycles. The predicted molar refractivity (Wildman–Crippen MR) is 112 cm³/mol. The van der Waals surface area contributed by atoms with E-state index in [0.717, 1.165) is 35.7 Å². The molecule has 4 amide bonds. The highest BCUT2D eigenvalue weighted by Gasteiger charge is 2.44. The molecule has 1 saturated heterocycles. The number of imide groups is 2. The molecule has 8 nitrogen and oxygen atoms in total. The van der Waals surface area contributed by atoms with Crippen LogP contribution in [0.1, 0.15) is 50.2 Å². The number of benzene rings is 2. The van der Waals surface area contributed by atoms with Crippen LogP contribution in [-0.4, -0.2) is 41.1 Å². The van der Waals surface area contributed by atoms with Crippen LogP contribution in [0, 0.1) is 0 Å². The molecule has 158 valence electrons. The van der Waals surface area contributed by atoms with E-state index in [1.165, 1.54) is 11.1 Å². The van der Waals surface area contributed by atoms with Crippen LogP contribution < -0.4 is 16.0 Å². The Balaban J connectivity index is 1.32. The summed E-state index contributed by atoms with van der Waals surface area (Å²) in [5, 5.41) is 8.95. The first-order valence-corrected chi connectivity index (χ1v) is 10.4. The summed E-state index contributed by atoms with van der Waals surface area (Å²) in [6.45, 7) is 2.35. The minimum absolute atomic E-state index is 0.106. The maximum absolute atomic E-state index is 12.9. The van der Waals surface area contributed by atoms with Crippen molar-refractivity contribution in [1.29, 1.82) is 0 Å². The van der Waals surface area contributed by atoms with Gasteiger partial charge >= 0.3 is 0 Å². The second-order valence-electron chi connectivity index (χ2n) is 8.09. The van der Waals surface area contributed by atoms with Gasteiger partial charge in [-0.3, -0.25) is 29.4 Å². The second-order valence-corrected chi connectivity index (χ2v) is 8.09. The molecule has 3 aliphatic rings. The van der Waals surface area contributed by atoms with E-state index in [9.17, 15) is 19.2 Å². The number of nitrogens with one attached hydrogen (secondary N) is 3. The molecule has 0 aliphatic carbocycles. The highest BCUT2D eigenvalue weighted by Crippen LogP contribution is 2.28. The average Bonchev–Trinajstić information content (AvgIpc) is 3.02. The first kappa shape index (κ1) is 19.4. The second kappa shape index (κ2) is 7.63. The van der Waals surface area contributed by atoms with Crippen LogP contribution >= 0.6 is 0 Å². The Morgan fingerprint density at radius 1 is 0.935 bits per heavy atom. The molecule has 8 heteroatoms. The van der Waals surface area contributed by atoms with Gasteiger partial charge in [0.15, 0.2) is 0 Å². The summed E-state index contributed by atoms with van der Waals surface area (Å²) in [5.41, 5.74) is 5.09. The van der Waals surface area contributed by atoms with Crippen molar-refractivity contribution < 1.29 is 19.2 Å². The van der Waals surface area contributed by atoms with E-state index >= 15 is 0 Å². The van der Waals surface area contributed by atoms with Gasteiger partial charge in [0.05, 0.1) is 11.1 Å². The highest BCUT2D eigenvalue weighted by molar-refractivity contribution is 6.23. The fraction of sp³-hybridized carbons (Fsp3) is 0.304. The predicted octanol–water partition coefficient (Wildman–Crippen LogP) is 1.35. The third-order valence-corrected chi connectivity index (χ3v) is 6.09. The molecule has 0 saturated carbocycles. The number of nitrogens with zero attached hydrogens (tertiary/aromatic N) is 1. The molecule has 2 aromatic carbocycles. The minimum atomic E-state index is -0.948. The standard InChI is InChI=1S/C23H22N4O4/c28-20-6-5-19(21(29)26-20)27-22(30)17-4-1-13(9-18(17)23(27)31)11-25-16-3-2-14-7-8-24-12-15(14)10-16/h1-4,9-10,19,24-25H,5-8,11-12H2,(H,26,28,29). The molecule has 0 spiro atoms. The summed E-state index contributed by atoms with van der Waals surface area (Å²) in [4.78, 5) is 50.3. The summed E-state index contributed by atoms with van der Waals surface area (Å²) < 4.78 is 0. The lowest BCUT2D eigenvalue weighted by molar-refractivity contribution is -0.136. The molecule has 0 aromatic heterocycles. The number of anilines is 1. The van der Waals surface area contributed by atoms with Crippen molar-refractivity contribution in [2.75, 3.05) is 11.9 Å². The largest absolute Gasteiger partial charge is 0.381 e. The topological polar surface area (TPSA) is 108 Å². The number of amides is 4. The zero-order valence-corrected chi connectivity index (χ0v) is 16.9. The molecule has 2 aromatic rings. The molecule has 5 rings (SSSR count). The molecule has 0 radical (unpaired) electrons. The van der Waals surface area contributed by atoms with Crippen molar-refractivity contribution in [3.8, 4) is 0 Å². The van der Waals surface area contributed by atoms with Crippen LogP contribution in [0.15, 0.2) is 36.4 Å². The molecular formula is C23H22N4O4. The van der Waals surface area contributed by atoms with Gasteiger partial charge in [-0.05, 0) is 60.3 Å². The number of hydrogen-bond donors (Lipinski definition) is 3. The van der Waals surface area contributed by atoms with Crippen LogP contribution in [0.25, 0.3) is 0 Å². The first-order chi connectivity index (χ1) is 15.0. The van der Waals surface area contributed by atoms with Crippen molar-refractivity contribution in [2.45, 2.75) is 38.4 Å². The summed E-state index contributed by atoms with van der Waals surface area (Å²) in [5.74, 6) is -1.97. The number of fused-ring (bicyclic) bond motifs is 2. The van der Waals surface area contributed by atoms with Crippen LogP contribution in [0.2, 0.25) is 0 Å². The lowest BCUT2D eigenvalue weighted by Gasteiger charge is -2.27. The number of carbonyl (C=O) groups excluding carboxylic acids is 4. The van der Waals surface area contributed by atoms with E-state index in [0.29, 0.717) is 17.7 Å². The Bertz CT molecular complexity index is 1130. The van der Waals surface area contributed by atoms with Crippen molar-refractivity contribution >= 4 is 29.3 Å². The Morgan fingerprint density at radius 3 is 2.61 bits per heavy atom. The molecule has 1 unspecified atom stereocenters. The lowest BCUT2D eigenvalue weighted by Crippen LogP contribution is -2.54. The Morgan fingerprint density at radius 2 is 1.77 bits per heavy atom. The lowest BCUT2D eigenvalue weighted by atomic mass is 10.0. The summed E-state index contributed by atoms with van der Waals surface area (Å²) in [6, 6.07) is 10.5. The van der Waals surface area contributed by atoms with Gasteiger partial charge < -0.3 is 10.6 Å². The quantitative estimate of drug-likeness (QED) is 0.647. The molecule has 31 heavy (non-hydrogen) atoms. The van der Waals surface area contributed by atoms with Crippen molar-refractivity contribution in [3.63, 3.8) is 0 Å². The van der Waals surface area contributed by atoms with Gasteiger partial charge in [0.25, 0.3) is 11.8 Å². The zero-order valence-electron chi connectivity index (χ0n) is 16.9. The van der Waals surface area contributed by atoms with E-state index < -0.39 is 23.8 Å². The molecule has 1 fully saturated rings. The maximum atomic E-state index is 12.9. The summed E-state index contributed by atoms with van der Waals surface area (Å²) in [6.07, 6.45) is 1.28. The normalized spacial score (nSPS) is 20.4. The van der Waals surface area contributed by atoms with Crippen molar-refractivity contribution in [1.82, 2.24) is 15.5 Å². The third-order valence-electron chi connectivity index (χ3n) is 6.09. The molecule has 0 bridgehead atoms. The fourth-order valence-electron chi connectivity index (χ4n) is 4.42. The van der Waals surface area contributed by atoms with Gasteiger partial charge in [-0.15, -0.1) is 0 Å².